The van der Waals surface area contributed by atoms with Crippen LogP contribution in [0.25, 0.3) is 22.1 Å². The van der Waals surface area contributed by atoms with Gasteiger partial charge in [-0.3, -0.25) is 14.2 Å². The number of para-hydroxylation sites is 1. The molecule has 2 heterocycles. The summed E-state index contributed by atoms with van der Waals surface area (Å²) in [5, 5.41) is 3.60. The molecule has 2 aromatic carbocycles. The number of anilines is 1. The number of amides is 1. The number of hydrogen-bond donors (Lipinski definition) is 1. The van der Waals surface area contributed by atoms with Gasteiger partial charge in [-0.1, -0.05) is 45.0 Å². The van der Waals surface area contributed by atoms with Gasteiger partial charge in [0.2, 0.25) is 11.5 Å². The number of fused-ring (bicyclic) bond motifs is 3. The topological polar surface area (TPSA) is 77.1 Å². The van der Waals surface area contributed by atoms with Gasteiger partial charge in [0.25, 0.3) is 5.56 Å². The molecule has 4 rings (SSSR count). The van der Waals surface area contributed by atoms with Crippen LogP contribution in [0.4, 0.5) is 5.69 Å². The zero-order chi connectivity index (χ0) is 19.9. The zero-order valence-corrected chi connectivity index (χ0v) is 16.0. The molecule has 0 aliphatic rings. The Labute approximate surface area is 161 Å². The molecule has 0 aliphatic carbocycles. The van der Waals surface area contributed by atoms with Crippen LogP contribution in [0.2, 0.25) is 0 Å². The van der Waals surface area contributed by atoms with Gasteiger partial charge in [0.15, 0.2) is 0 Å². The number of aromatic nitrogens is 2. The normalized spacial score (nSPS) is 11.8. The summed E-state index contributed by atoms with van der Waals surface area (Å²) in [5.41, 5.74) is 2.80. The molecular weight excluding hydrogens is 354 g/mol. The van der Waals surface area contributed by atoms with Crippen LogP contribution >= 0.6 is 0 Å². The number of furan rings is 1. The van der Waals surface area contributed by atoms with Crippen LogP contribution in [-0.4, -0.2) is 15.5 Å². The molecule has 0 atom stereocenters. The molecule has 0 radical (unpaired) electrons. The summed E-state index contributed by atoms with van der Waals surface area (Å²) >= 11 is 0. The number of benzene rings is 2. The van der Waals surface area contributed by atoms with E-state index in [-0.39, 0.29) is 29.0 Å². The molecule has 4 aromatic rings. The van der Waals surface area contributed by atoms with Gasteiger partial charge >= 0.3 is 0 Å². The van der Waals surface area contributed by atoms with Gasteiger partial charge in [-0.05, 0) is 35.2 Å². The van der Waals surface area contributed by atoms with E-state index in [2.05, 4.69) is 31.1 Å². The van der Waals surface area contributed by atoms with E-state index in [1.165, 1.54) is 16.5 Å². The van der Waals surface area contributed by atoms with E-state index in [1.807, 2.05) is 42.5 Å². The molecule has 0 saturated carbocycles. The van der Waals surface area contributed by atoms with Gasteiger partial charge in [-0.25, -0.2) is 4.98 Å². The molecule has 0 fully saturated rings. The van der Waals surface area contributed by atoms with Crippen molar-refractivity contribution in [1.29, 1.82) is 0 Å². The maximum atomic E-state index is 12.7. The highest BCUT2D eigenvalue weighted by Gasteiger charge is 2.15. The van der Waals surface area contributed by atoms with Crippen molar-refractivity contribution in [3.8, 4) is 0 Å². The lowest BCUT2D eigenvalue weighted by atomic mass is 9.87. The van der Waals surface area contributed by atoms with E-state index in [0.717, 1.165) is 5.39 Å². The monoisotopic (exact) mass is 375 g/mol. The van der Waals surface area contributed by atoms with Gasteiger partial charge in [-0.15, -0.1) is 0 Å². The number of carbonyl (C=O) groups excluding carboxylic acids is 1. The highest BCUT2D eigenvalue weighted by molar-refractivity contribution is 6.01. The van der Waals surface area contributed by atoms with Crippen molar-refractivity contribution >= 4 is 33.7 Å². The fraction of sp³-hybridized carbons (Fsp3) is 0.227. The first kappa shape index (κ1) is 18.0. The maximum Gasteiger partial charge on any atom is 0.297 e. The second-order valence-electron chi connectivity index (χ2n) is 7.83. The zero-order valence-electron chi connectivity index (χ0n) is 16.0. The fourth-order valence-corrected chi connectivity index (χ4v) is 3.14. The second kappa shape index (κ2) is 6.64. The van der Waals surface area contributed by atoms with Crippen LogP contribution in [0.1, 0.15) is 26.3 Å². The van der Waals surface area contributed by atoms with Crippen molar-refractivity contribution in [3.63, 3.8) is 0 Å². The number of nitrogens with zero attached hydrogens (tertiary/aromatic N) is 2. The van der Waals surface area contributed by atoms with Crippen molar-refractivity contribution in [2.24, 2.45) is 0 Å². The molecule has 28 heavy (non-hydrogen) atoms. The lowest BCUT2D eigenvalue weighted by molar-refractivity contribution is -0.116. The third-order valence-electron chi connectivity index (χ3n) is 4.70. The molecule has 0 unspecified atom stereocenters. The first-order chi connectivity index (χ1) is 13.3. The molecule has 6 nitrogen and oxygen atoms in total. The Bertz CT molecular complexity index is 1230. The Morgan fingerprint density at radius 3 is 2.54 bits per heavy atom. The fourth-order valence-electron chi connectivity index (χ4n) is 3.14. The van der Waals surface area contributed by atoms with Gasteiger partial charge in [0.1, 0.15) is 17.6 Å². The van der Waals surface area contributed by atoms with Crippen LogP contribution < -0.4 is 10.9 Å². The van der Waals surface area contributed by atoms with Crippen LogP contribution in [0.5, 0.6) is 0 Å². The van der Waals surface area contributed by atoms with E-state index < -0.39 is 0 Å². The first-order valence-corrected chi connectivity index (χ1v) is 9.10. The van der Waals surface area contributed by atoms with Crippen molar-refractivity contribution in [3.05, 3.63) is 70.8 Å². The van der Waals surface area contributed by atoms with Gasteiger partial charge in [0.05, 0.1) is 6.33 Å². The molecule has 0 bridgehead atoms. The van der Waals surface area contributed by atoms with E-state index in [4.69, 9.17) is 4.42 Å². The molecule has 0 spiro atoms. The summed E-state index contributed by atoms with van der Waals surface area (Å²) in [4.78, 5) is 29.4. The van der Waals surface area contributed by atoms with E-state index in [1.54, 1.807) is 6.07 Å². The minimum atomic E-state index is -0.376. The lowest BCUT2D eigenvalue weighted by Crippen LogP contribution is -2.27. The SMILES string of the molecule is CC(C)(C)c1ccc(NC(=O)Cn2cnc3c(oc4ccccc43)c2=O)cc1. The van der Waals surface area contributed by atoms with E-state index >= 15 is 0 Å². The average molecular weight is 375 g/mol. The predicted molar refractivity (Wildman–Crippen MR) is 110 cm³/mol. The maximum absolute atomic E-state index is 12.7. The molecule has 1 amide bonds. The Kier molecular flexibility index (Phi) is 4.26. The molecular formula is C22H21N3O3. The Balaban J connectivity index is 1.56. The number of hydrogen-bond acceptors (Lipinski definition) is 4. The highest BCUT2D eigenvalue weighted by atomic mass is 16.3. The lowest BCUT2D eigenvalue weighted by Gasteiger charge is -2.19. The minimum Gasteiger partial charge on any atom is -0.448 e. The van der Waals surface area contributed by atoms with Crippen molar-refractivity contribution in [1.82, 2.24) is 9.55 Å². The van der Waals surface area contributed by atoms with E-state index in [0.29, 0.717) is 16.8 Å². The summed E-state index contributed by atoms with van der Waals surface area (Å²) in [6.07, 6.45) is 1.38. The summed E-state index contributed by atoms with van der Waals surface area (Å²) < 4.78 is 6.89. The Morgan fingerprint density at radius 1 is 1.11 bits per heavy atom. The van der Waals surface area contributed by atoms with Crippen molar-refractivity contribution in [2.45, 2.75) is 32.7 Å². The summed E-state index contributed by atoms with van der Waals surface area (Å²) in [6.45, 7) is 6.26. The smallest absolute Gasteiger partial charge is 0.297 e. The quantitative estimate of drug-likeness (QED) is 0.585. The van der Waals surface area contributed by atoms with Crippen LogP contribution in [0, 0.1) is 0 Å². The summed E-state index contributed by atoms with van der Waals surface area (Å²) in [7, 11) is 0. The number of carbonyl (C=O) groups is 1. The molecule has 1 N–H and O–H groups in total. The predicted octanol–water partition coefficient (Wildman–Crippen LogP) is 4.08. The third-order valence-corrected chi connectivity index (χ3v) is 4.70. The molecule has 0 saturated heterocycles. The summed E-state index contributed by atoms with van der Waals surface area (Å²) in [6, 6.07) is 15.0. The standard InChI is InChI=1S/C22H21N3O3/c1-22(2,3)14-8-10-15(11-9-14)24-18(26)12-25-13-23-19-16-6-4-5-7-17(16)28-20(19)21(25)27/h4-11,13H,12H2,1-3H3,(H,24,26). The second-order valence-corrected chi connectivity index (χ2v) is 7.83. The van der Waals surface area contributed by atoms with E-state index in [9.17, 15) is 9.59 Å². The van der Waals surface area contributed by atoms with Crippen molar-refractivity contribution < 1.29 is 9.21 Å². The minimum absolute atomic E-state index is 0.0452. The van der Waals surface area contributed by atoms with Gasteiger partial charge in [0, 0.05) is 11.1 Å². The van der Waals surface area contributed by atoms with Crippen LogP contribution in [-0.2, 0) is 16.8 Å². The van der Waals surface area contributed by atoms with Gasteiger partial charge < -0.3 is 9.73 Å². The molecule has 6 heteroatoms. The summed E-state index contributed by atoms with van der Waals surface area (Å²) in [5.74, 6) is -0.303. The third kappa shape index (κ3) is 3.29. The highest BCUT2D eigenvalue weighted by Crippen LogP contribution is 2.25. The molecule has 2 aromatic heterocycles. The largest absolute Gasteiger partial charge is 0.448 e. The first-order valence-electron chi connectivity index (χ1n) is 9.10. The molecule has 0 aliphatic heterocycles. The van der Waals surface area contributed by atoms with Crippen LogP contribution in [0.3, 0.4) is 0 Å². The van der Waals surface area contributed by atoms with Crippen molar-refractivity contribution in [2.75, 3.05) is 5.32 Å². The Morgan fingerprint density at radius 2 is 1.82 bits per heavy atom. The average Bonchev–Trinajstić information content (AvgIpc) is 3.03. The number of rotatable bonds is 3. The van der Waals surface area contributed by atoms with Gasteiger partial charge in [-0.2, -0.15) is 0 Å². The molecule has 142 valence electrons. The van der Waals surface area contributed by atoms with Crippen LogP contribution in [0.15, 0.2) is 64.1 Å². The number of nitrogens with one attached hydrogen (secondary N) is 1. The Hall–Kier alpha value is -3.41.